The second kappa shape index (κ2) is 7.54. The molecule has 1 N–H and O–H groups in total. The SMILES string of the molecule is Cc1cc(C)c(C(=O)OCCNC(=O)c2cccnc2)cc1C. The summed E-state index contributed by atoms with van der Waals surface area (Å²) in [6.07, 6.45) is 3.09. The minimum absolute atomic E-state index is 0.122. The molecule has 0 aliphatic rings. The van der Waals surface area contributed by atoms with Crippen LogP contribution in [0.25, 0.3) is 0 Å². The second-order valence-corrected chi connectivity index (χ2v) is 5.38. The van der Waals surface area contributed by atoms with Gasteiger partial charge in [0.1, 0.15) is 6.61 Å². The van der Waals surface area contributed by atoms with Crippen molar-refractivity contribution in [1.82, 2.24) is 10.3 Å². The van der Waals surface area contributed by atoms with Crippen LogP contribution in [0.4, 0.5) is 0 Å². The van der Waals surface area contributed by atoms with Crippen molar-refractivity contribution in [3.05, 3.63) is 64.5 Å². The monoisotopic (exact) mass is 312 g/mol. The van der Waals surface area contributed by atoms with E-state index in [1.165, 1.54) is 6.20 Å². The molecule has 0 radical (unpaired) electrons. The number of carbonyl (C=O) groups excluding carboxylic acids is 2. The number of aryl methyl sites for hydroxylation is 3. The number of rotatable bonds is 5. The number of ether oxygens (including phenoxy) is 1. The van der Waals surface area contributed by atoms with Gasteiger partial charge in [-0.1, -0.05) is 6.07 Å². The second-order valence-electron chi connectivity index (χ2n) is 5.38. The van der Waals surface area contributed by atoms with E-state index in [1.54, 1.807) is 18.3 Å². The standard InChI is InChI=1S/C18H20N2O3/c1-12-9-14(3)16(10-13(12)2)18(22)23-8-7-20-17(21)15-5-4-6-19-11-15/h4-6,9-11H,7-8H2,1-3H3,(H,20,21). The molecule has 5 heteroatoms. The van der Waals surface area contributed by atoms with Crippen molar-refractivity contribution < 1.29 is 14.3 Å². The lowest BCUT2D eigenvalue weighted by molar-refractivity contribution is 0.0502. The summed E-state index contributed by atoms with van der Waals surface area (Å²) < 4.78 is 5.22. The number of hydrogen-bond donors (Lipinski definition) is 1. The van der Waals surface area contributed by atoms with Crippen molar-refractivity contribution in [3.8, 4) is 0 Å². The maximum absolute atomic E-state index is 12.1. The van der Waals surface area contributed by atoms with Gasteiger partial charge in [-0.15, -0.1) is 0 Å². The van der Waals surface area contributed by atoms with Gasteiger partial charge < -0.3 is 10.1 Å². The number of aromatic nitrogens is 1. The average molecular weight is 312 g/mol. The van der Waals surface area contributed by atoms with Gasteiger partial charge in [-0.2, -0.15) is 0 Å². The van der Waals surface area contributed by atoms with Crippen LogP contribution in [0, 0.1) is 20.8 Å². The van der Waals surface area contributed by atoms with Gasteiger partial charge in [-0.25, -0.2) is 4.79 Å². The fourth-order valence-electron chi connectivity index (χ4n) is 2.17. The molecule has 2 rings (SSSR count). The molecule has 0 aliphatic carbocycles. The molecule has 2 aromatic rings. The first-order valence-corrected chi connectivity index (χ1v) is 7.42. The van der Waals surface area contributed by atoms with Crippen LogP contribution >= 0.6 is 0 Å². The lowest BCUT2D eigenvalue weighted by atomic mass is 10.0. The van der Waals surface area contributed by atoms with E-state index in [2.05, 4.69) is 10.3 Å². The molecule has 1 heterocycles. The van der Waals surface area contributed by atoms with Gasteiger partial charge in [0, 0.05) is 12.4 Å². The first-order valence-electron chi connectivity index (χ1n) is 7.42. The van der Waals surface area contributed by atoms with Crippen LogP contribution in [0.2, 0.25) is 0 Å². The largest absolute Gasteiger partial charge is 0.460 e. The number of carbonyl (C=O) groups is 2. The van der Waals surface area contributed by atoms with Crippen molar-refractivity contribution in [3.63, 3.8) is 0 Å². The van der Waals surface area contributed by atoms with Crippen LogP contribution in [0.15, 0.2) is 36.7 Å². The predicted octanol–water partition coefficient (Wildman–Crippen LogP) is 2.59. The summed E-state index contributed by atoms with van der Waals surface area (Å²) in [7, 11) is 0. The van der Waals surface area contributed by atoms with Crippen LogP contribution in [-0.4, -0.2) is 30.0 Å². The van der Waals surface area contributed by atoms with Crippen LogP contribution < -0.4 is 5.32 Å². The highest BCUT2D eigenvalue weighted by Gasteiger charge is 2.12. The van der Waals surface area contributed by atoms with E-state index < -0.39 is 0 Å². The van der Waals surface area contributed by atoms with E-state index in [0.717, 1.165) is 16.7 Å². The Morgan fingerprint density at radius 1 is 1.13 bits per heavy atom. The molecule has 0 unspecified atom stereocenters. The smallest absolute Gasteiger partial charge is 0.338 e. The number of esters is 1. The van der Waals surface area contributed by atoms with Crippen LogP contribution in [0.1, 0.15) is 37.4 Å². The fourth-order valence-corrected chi connectivity index (χ4v) is 2.17. The van der Waals surface area contributed by atoms with Gasteiger partial charge in [0.15, 0.2) is 0 Å². The lowest BCUT2D eigenvalue weighted by Crippen LogP contribution is -2.28. The molecule has 0 bridgehead atoms. The normalized spacial score (nSPS) is 10.2. The van der Waals surface area contributed by atoms with Gasteiger partial charge in [0.05, 0.1) is 17.7 Å². The number of hydrogen-bond acceptors (Lipinski definition) is 4. The summed E-state index contributed by atoms with van der Waals surface area (Å²) in [5, 5.41) is 2.68. The Kier molecular flexibility index (Phi) is 5.46. The maximum Gasteiger partial charge on any atom is 0.338 e. The molecule has 120 valence electrons. The molecule has 0 aliphatic heterocycles. The van der Waals surface area contributed by atoms with E-state index in [9.17, 15) is 9.59 Å². The molecular formula is C18H20N2O3. The molecule has 0 spiro atoms. The Bertz CT molecular complexity index is 712. The number of amides is 1. The van der Waals surface area contributed by atoms with Gasteiger partial charge in [-0.3, -0.25) is 9.78 Å². The molecule has 1 aromatic heterocycles. The first kappa shape index (κ1) is 16.7. The van der Waals surface area contributed by atoms with Crippen molar-refractivity contribution in [2.24, 2.45) is 0 Å². The van der Waals surface area contributed by atoms with Crippen LogP contribution in [-0.2, 0) is 4.74 Å². The quantitative estimate of drug-likeness (QED) is 0.680. The third-order valence-electron chi connectivity index (χ3n) is 3.61. The van der Waals surface area contributed by atoms with Gasteiger partial charge in [0.25, 0.3) is 5.91 Å². The van der Waals surface area contributed by atoms with Crippen molar-refractivity contribution in [2.75, 3.05) is 13.2 Å². The Hall–Kier alpha value is -2.69. The molecule has 5 nitrogen and oxygen atoms in total. The summed E-state index contributed by atoms with van der Waals surface area (Å²) >= 11 is 0. The minimum Gasteiger partial charge on any atom is -0.460 e. The van der Waals surface area contributed by atoms with Crippen LogP contribution in [0.5, 0.6) is 0 Å². The molecule has 1 aromatic carbocycles. The number of benzene rings is 1. The zero-order chi connectivity index (χ0) is 16.8. The highest BCUT2D eigenvalue weighted by Crippen LogP contribution is 2.16. The predicted molar refractivity (Wildman–Crippen MR) is 87.5 cm³/mol. The van der Waals surface area contributed by atoms with Crippen molar-refractivity contribution in [1.29, 1.82) is 0 Å². The fraction of sp³-hybridized carbons (Fsp3) is 0.278. The molecule has 0 saturated heterocycles. The maximum atomic E-state index is 12.1. The highest BCUT2D eigenvalue weighted by atomic mass is 16.5. The summed E-state index contributed by atoms with van der Waals surface area (Å²) in [5.41, 5.74) is 4.11. The zero-order valence-electron chi connectivity index (χ0n) is 13.6. The summed E-state index contributed by atoms with van der Waals surface area (Å²) in [5.74, 6) is -0.613. The Morgan fingerprint density at radius 3 is 2.57 bits per heavy atom. The summed E-state index contributed by atoms with van der Waals surface area (Å²) in [4.78, 5) is 27.8. The van der Waals surface area contributed by atoms with E-state index in [-0.39, 0.29) is 25.0 Å². The van der Waals surface area contributed by atoms with Crippen LogP contribution in [0.3, 0.4) is 0 Å². The molecule has 0 atom stereocenters. The zero-order valence-corrected chi connectivity index (χ0v) is 13.6. The summed E-state index contributed by atoms with van der Waals surface area (Å²) in [6.45, 7) is 6.22. The first-order chi connectivity index (χ1) is 11.0. The number of nitrogens with zero attached hydrogens (tertiary/aromatic N) is 1. The lowest BCUT2D eigenvalue weighted by Gasteiger charge is -2.10. The number of nitrogens with one attached hydrogen (secondary N) is 1. The third-order valence-corrected chi connectivity index (χ3v) is 3.61. The molecule has 0 saturated carbocycles. The average Bonchev–Trinajstić information content (AvgIpc) is 2.55. The van der Waals surface area contributed by atoms with E-state index >= 15 is 0 Å². The van der Waals surface area contributed by atoms with Gasteiger partial charge >= 0.3 is 5.97 Å². The van der Waals surface area contributed by atoms with Crippen molar-refractivity contribution >= 4 is 11.9 Å². The minimum atomic E-state index is -0.374. The van der Waals surface area contributed by atoms with Gasteiger partial charge in [0.2, 0.25) is 0 Å². The Morgan fingerprint density at radius 2 is 1.87 bits per heavy atom. The summed E-state index contributed by atoms with van der Waals surface area (Å²) in [6, 6.07) is 7.17. The van der Waals surface area contributed by atoms with Crippen molar-refractivity contribution in [2.45, 2.75) is 20.8 Å². The molecular weight excluding hydrogens is 292 g/mol. The number of pyridine rings is 1. The van der Waals surface area contributed by atoms with E-state index in [0.29, 0.717) is 11.1 Å². The highest BCUT2D eigenvalue weighted by molar-refractivity contribution is 5.94. The topological polar surface area (TPSA) is 68.3 Å². The van der Waals surface area contributed by atoms with Gasteiger partial charge in [-0.05, 0) is 55.7 Å². The van der Waals surface area contributed by atoms with E-state index in [4.69, 9.17) is 4.74 Å². The third kappa shape index (κ3) is 4.39. The molecule has 0 fully saturated rings. The molecule has 1 amide bonds. The molecule has 23 heavy (non-hydrogen) atoms. The Labute approximate surface area is 135 Å². The van der Waals surface area contributed by atoms with E-state index in [1.807, 2.05) is 32.9 Å². The Balaban J connectivity index is 1.84.